The van der Waals surface area contributed by atoms with Crippen LogP contribution in [0.4, 0.5) is 0 Å². The average Bonchev–Trinajstić information content (AvgIpc) is 2.18. The monoisotopic (exact) mass is 190 g/mol. The highest BCUT2D eigenvalue weighted by Gasteiger charge is 2.17. The number of phenolic OH excluding ortho intramolecular Hbond substituents is 1. The van der Waals surface area contributed by atoms with Gasteiger partial charge in [-0.2, -0.15) is 0 Å². The van der Waals surface area contributed by atoms with Gasteiger partial charge in [0.1, 0.15) is 18.1 Å². The predicted octanol–water partition coefficient (Wildman–Crippen LogP) is 2.00. The van der Waals surface area contributed by atoms with Gasteiger partial charge in [-0.25, -0.2) is 0 Å². The van der Waals surface area contributed by atoms with E-state index in [4.69, 9.17) is 4.74 Å². The van der Waals surface area contributed by atoms with Gasteiger partial charge in [-0.05, 0) is 31.2 Å². The Morgan fingerprint density at radius 1 is 1.50 bits per heavy atom. The molecular formula is C11H10O3. The second-order valence-electron chi connectivity index (χ2n) is 3.14. The van der Waals surface area contributed by atoms with Gasteiger partial charge in [0.25, 0.3) is 0 Å². The fraction of sp³-hybridized carbons (Fsp3) is 0.182. The first-order valence-electron chi connectivity index (χ1n) is 4.36. The highest BCUT2D eigenvalue weighted by atomic mass is 16.5. The fourth-order valence-corrected chi connectivity index (χ4v) is 1.48. The van der Waals surface area contributed by atoms with E-state index in [0.29, 0.717) is 23.5 Å². The van der Waals surface area contributed by atoms with Crippen LogP contribution in [0, 0.1) is 0 Å². The molecule has 0 spiro atoms. The number of hydrogen-bond acceptors (Lipinski definition) is 3. The van der Waals surface area contributed by atoms with Gasteiger partial charge < -0.3 is 9.84 Å². The molecule has 1 aromatic carbocycles. The third-order valence-corrected chi connectivity index (χ3v) is 2.16. The summed E-state index contributed by atoms with van der Waals surface area (Å²) in [6, 6.07) is 3.09. The van der Waals surface area contributed by atoms with Crippen LogP contribution < -0.4 is 4.74 Å². The zero-order valence-electron chi connectivity index (χ0n) is 7.78. The van der Waals surface area contributed by atoms with Crippen LogP contribution in [0.1, 0.15) is 22.8 Å². The number of Topliss-reactive ketones (excluding diaryl/α,β-unsaturated/α-hetero) is 1. The summed E-state index contributed by atoms with van der Waals surface area (Å²) in [5.74, 6) is 0.567. The number of aromatic hydroxyl groups is 1. The number of phenols is 1. The van der Waals surface area contributed by atoms with E-state index in [0.717, 1.165) is 0 Å². The Bertz CT molecular complexity index is 419. The molecule has 2 rings (SSSR count). The molecule has 0 aromatic heterocycles. The molecule has 3 heteroatoms. The molecule has 0 saturated heterocycles. The number of carbonyl (C=O) groups excluding carboxylic acids is 1. The minimum absolute atomic E-state index is 0.0587. The van der Waals surface area contributed by atoms with E-state index >= 15 is 0 Å². The summed E-state index contributed by atoms with van der Waals surface area (Å²) in [7, 11) is 0. The van der Waals surface area contributed by atoms with Gasteiger partial charge in [0.15, 0.2) is 5.78 Å². The van der Waals surface area contributed by atoms with Crippen LogP contribution in [0.3, 0.4) is 0 Å². The zero-order chi connectivity index (χ0) is 10.1. The number of rotatable bonds is 1. The molecule has 3 nitrogen and oxygen atoms in total. The van der Waals surface area contributed by atoms with E-state index < -0.39 is 0 Å². The summed E-state index contributed by atoms with van der Waals surface area (Å²) in [5, 5.41) is 9.52. The molecule has 0 amide bonds. The zero-order valence-corrected chi connectivity index (χ0v) is 7.78. The topological polar surface area (TPSA) is 46.5 Å². The van der Waals surface area contributed by atoms with Gasteiger partial charge in [0.05, 0.1) is 11.1 Å². The van der Waals surface area contributed by atoms with Crippen molar-refractivity contribution in [2.75, 3.05) is 6.61 Å². The Morgan fingerprint density at radius 2 is 2.29 bits per heavy atom. The summed E-state index contributed by atoms with van der Waals surface area (Å²) in [6.45, 7) is 1.92. The molecule has 0 bridgehead atoms. The minimum Gasteiger partial charge on any atom is -0.507 e. The first-order chi connectivity index (χ1) is 6.70. The van der Waals surface area contributed by atoms with Crippen LogP contribution in [0.5, 0.6) is 11.5 Å². The maximum absolute atomic E-state index is 11.2. The van der Waals surface area contributed by atoms with Crippen molar-refractivity contribution in [3.8, 4) is 11.5 Å². The molecule has 0 unspecified atom stereocenters. The molecule has 72 valence electrons. The van der Waals surface area contributed by atoms with Crippen LogP contribution in [0.15, 0.2) is 18.2 Å². The third-order valence-electron chi connectivity index (χ3n) is 2.16. The molecule has 1 aliphatic heterocycles. The Morgan fingerprint density at radius 3 is 3.00 bits per heavy atom. The summed E-state index contributed by atoms with van der Waals surface area (Å²) < 4.78 is 5.33. The standard InChI is InChI=1S/C11H10O3/c1-7(12)8-4-5-10(13)9-3-2-6-14-11(8)9/h2-5,13H,6H2,1H3. The van der Waals surface area contributed by atoms with Crippen molar-refractivity contribution in [2.24, 2.45) is 0 Å². The Hall–Kier alpha value is -1.77. The first kappa shape index (κ1) is 8.81. The minimum atomic E-state index is -0.0587. The van der Waals surface area contributed by atoms with E-state index in [1.54, 1.807) is 18.2 Å². The predicted molar refractivity (Wildman–Crippen MR) is 52.6 cm³/mol. The van der Waals surface area contributed by atoms with Crippen molar-refractivity contribution in [2.45, 2.75) is 6.92 Å². The molecule has 0 saturated carbocycles. The van der Waals surface area contributed by atoms with Crippen LogP contribution in [-0.2, 0) is 0 Å². The molecule has 0 fully saturated rings. The maximum Gasteiger partial charge on any atom is 0.163 e. The van der Waals surface area contributed by atoms with Gasteiger partial charge in [-0.15, -0.1) is 0 Å². The van der Waals surface area contributed by atoms with Gasteiger partial charge in [0.2, 0.25) is 0 Å². The van der Waals surface area contributed by atoms with Crippen molar-refractivity contribution >= 4 is 11.9 Å². The van der Waals surface area contributed by atoms with Crippen LogP contribution in [-0.4, -0.2) is 17.5 Å². The van der Waals surface area contributed by atoms with Crippen molar-refractivity contribution < 1.29 is 14.6 Å². The largest absolute Gasteiger partial charge is 0.507 e. The van der Waals surface area contributed by atoms with Gasteiger partial charge in [-0.3, -0.25) is 4.79 Å². The van der Waals surface area contributed by atoms with Crippen molar-refractivity contribution in [1.29, 1.82) is 0 Å². The summed E-state index contributed by atoms with van der Waals surface area (Å²) in [4.78, 5) is 11.2. The molecular weight excluding hydrogens is 180 g/mol. The molecule has 1 aliphatic rings. The normalized spacial score (nSPS) is 13.2. The van der Waals surface area contributed by atoms with Crippen molar-refractivity contribution in [3.63, 3.8) is 0 Å². The van der Waals surface area contributed by atoms with E-state index in [1.165, 1.54) is 13.0 Å². The number of carbonyl (C=O) groups is 1. The molecule has 0 aliphatic carbocycles. The molecule has 1 aromatic rings. The van der Waals surface area contributed by atoms with E-state index in [-0.39, 0.29) is 11.5 Å². The first-order valence-corrected chi connectivity index (χ1v) is 4.36. The molecule has 1 heterocycles. The summed E-state index contributed by atoms with van der Waals surface area (Å²) >= 11 is 0. The lowest BCUT2D eigenvalue weighted by atomic mass is 10.0. The van der Waals surface area contributed by atoms with E-state index in [2.05, 4.69) is 0 Å². The molecule has 0 atom stereocenters. The van der Waals surface area contributed by atoms with E-state index in [1.807, 2.05) is 0 Å². The van der Waals surface area contributed by atoms with Crippen LogP contribution in [0.25, 0.3) is 6.08 Å². The van der Waals surface area contributed by atoms with Gasteiger partial charge in [0, 0.05) is 0 Å². The third kappa shape index (κ3) is 1.27. The number of ketones is 1. The number of fused-ring (bicyclic) bond motifs is 1. The molecule has 0 radical (unpaired) electrons. The lowest BCUT2D eigenvalue weighted by Gasteiger charge is -2.16. The van der Waals surface area contributed by atoms with Gasteiger partial charge >= 0.3 is 0 Å². The number of ether oxygens (including phenoxy) is 1. The van der Waals surface area contributed by atoms with E-state index in [9.17, 15) is 9.90 Å². The maximum atomic E-state index is 11.2. The Balaban J connectivity index is 2.66. The lowest BCUT2D eigenvalue weighted by molar-refractivity contribution is 0.101. The lowest BCUT2D eigenvalue weighted by Crippen LogP contribution is -2.06. The second-order valence-corrected chi connectivity index (χ2v) is 3.14. The number of hydrogen-bond donors (Lipinski definition) is 1. The smallest absolute Gasteiger partial charge is 0.163 e. The van der Waals surface area contributed by atoms with Crippen LogP contribution in [0.2, 0.25) is 0 Å². The van der Waals surface area contributed by atoms with Crippen molar-refractivity contribution in [1.82, 2.24) is 0 Å². The molecule has 14 heavy (non-hydrogen) atoms. The highest BCUT2D eigenvalue weighted by Crippen LogP contribution is 2.34. The van der Waals surface area contributed by atoms with Gasteiger partial charge in [-0.1, -0.05) is 0 Å². The number of benzene rings is 1. The van der Waals surface area contributed by atoms with Crippen molar-refractivity contribution in [3.05, 3.63) is 29.3 Å². The summed E-state index contributed by atoms with van der Waals surface area (Å²) in [5.41, 5.74) is 1.10. The summed E-state index contributed by atoms with van der Waals surface area (Å²) in [6.07, 6.45) is 3.56. The average molecular weight is 190 g/mol. The Labute approximate surface area is 81.6 Å². The Kier molecular flexibility index (Phi) is 2.00. The van der Waals surface area contributed by atoms with Crippen LogP contribution >= 0.6 is 0 Å². The second kappa shape index (κ2) is 3.18. The fourth-order valence-electron chi connectivity index (χ4n) is 1.48. The SMILES string of the molecule is CC(=O)c1ccc(O)c2c1OCC=C2. The molecule has 1 N–H and O–H groups in total. The quantitative estimate of drug-likeness (QED) is 0.689. The highest BCUT2D eigenvalue weighted by molar-refractivity contribution is 5.98.